The fourth-order valence-corrected chi connectivity index (χ4v) is 3.29. The third-order valence-corrected chi connectivity index (χ3v) is 4.08. The van der Waals surface area contributed by atoms with Crippen LogP contribution in [0.15, 0.2) is 43.3 Å². The molecule has 0 spiro atoms. The van der Waals surface area contributed by atoms with Gasteiger partial charge < -0.3 is 9.47 Å². The average molecular weight is 453 g/mol. The Morgan fingerprint density at radius 1 is 1.06 bits per heavy atom. The zero-order chi connectivity index (χ0) is 12.3. The Hall–Kier alpha value is -0.240. The van der Waals surface area contributed by atoms with Crippen LogP contribution in [0, 0.1) is 6.42 Å². The topological polar surface area (TPSA) is 18.5 Å². The molecule has 0 heterocycles. The molecule has 0 aromatic heterocycles. The molecule has 0 amide bonds. The van der Waals surface area contributed by atoms with Crippen LogP contribution in [0.1, 0.15) is 6.42 Å². The van der Waals surface area contributed by atoms with Crippen molar-refractivity contribution in [1.82, 2.24) is 0 Å². The largest absolute Gasteiger partial charge is 0.497 e. The van der Waals surface area contributed by atoms with Crippen LogP contribution in [-0.4, -0.2) is 7.11 Å². The minimum Gasteiger partial charge on any atom is -0.497 e. The third-order valence-electron chi connectivity index (χ3n) is 2.30. The predicted octanol–water partition coefficient (Wildman–Crippen LogP) is 4.65. The Kier molecular flexibility index (Phi) is 4.72. The molecule has 0 bridgehead atoms. The maximum atomic E-state index is 5.90. The van der Waals surface area contributed by atoms with E-state index >= 15 is 0 Å². The minimum absolute atomic E-state index is 0.833. The van der Waals surface area contributed by atoms with Gasteiger partial charge in [0.1, 0.15) is 17.3 Å². The van der Waals surface area contributed by atoms with E-state index in [1.807, 2.05) is 24.3 Å². The molecule has 0 fully saturated rings. The first-order valence-electron chi connectivity index (χ1n) is 5.10. The monoisotopic (exact) mass is 453 g/mol. The first-order valence-corrected chi connectivity index (χ1v) is 7.26. The van der Waals surface area contributed by atoms with Gasteiger partial charge in [-0.25, -0.2) is 0 Å². The standard InChI is InChI=1S/C13H11I2O2/c1-16-9-5-7-10(8-6-9)17-13-11(14)3-2-4-12(13)15/h2-3,5-8H,4H2,1H3. The van der Waals surface area contributed by atoms with Gasteiger partial charge in [0.15, 0.2) is 0 Å². The number of benzene rings is 1. The van der Waals surface area contributed by atoms with Gasteiger partial charge in [-0.2, -0.15) is 0 Å². The fourth-order valence-electron chi connectivity index (χ4n) is 1.43. The summed E-state index contributed by atoms with van der Waals surface area (Å²) in [5, 5.41) is 0. The number of methoxy groups -OCH3 is 1. The number of ether oxygens (including phenoxy) is 2. The zero-order valence-corrected chi connectivity index (χ0v) is 13.6. The van der Waals surface area contributed by atoms with E-state index in [0.29, 0.717) is 0 Å². The lowest BCUT2D eigenvalue weighted by Crippen LogP contribution is -2.01. The van der Waals surface area contributed by atoms with Crippen molar-refractivity contribution >= 4 is 45.2 Å². The van der Waals surface area contributed by atoms with Crippen LogP contribution in [-0.2, 0) is 0 Å². The van der Waals surface area contributed by atoms with Crippen LogP contribution in [0.2, 0.25) is 0 Å². The molecule has 0 saturated carbocycles. The van der Waals surface area contributed by atoms with E-state index in [1.165, 1.54) is 3.58 Å². The van der Waals surface area contributed by atoms with Gasteiger partial charge in [0, 0.05) is 3.58 Å². The van der Waals surface area contributed by atoms with Crippen molar-refractivity contribution in [3.8, 4) is 11.5 Å². The highest BCUT2D eigenvalue weighted by Crippen LogP contribution is 2.34. The molecule has 0 atom stereocenters. The Bertz CT molecular complexity index is 461. The van der Waals surface area contributed by atoms with Crippen LogP contribution in [0.3, 0.4) is 0 Å². The highest BCUT2D eigenvalue weighted by molar-refractivity contribution is 14.1. The van der Waals surface area contributed by atoms with Gasteiger partial charge in [-0.3, -0.25) is 0 Å². The third kappa shape index (κ3) is 3.37. The van der Waals surface area contributed by atoms with Crippen LogP contribution in [0.4, 0.5) is 0 Å². The highest BCUT2D eigenvalue weighted by Gasteiger charge is 2.14. The van der Waals surface area contributed by atoms with Crippen molar-refractivity contribution < 1.29 is 9.47 Å². The van der Waals surface area contributed by atoms with E-state index in [2.05, 4.69) is 57.7 Å². The fraction of sp³-hybridized carbons (Fsp3) is 0.154. The molecule has 1 aliphatic rings. The Morgan fingerprint density at radius 2 is 1.71 bits per heavy atom. The molecule has 1 radical (unpaired) electrons. The molecule has 1 aromatic carbocycles. The van der Waals surface area contributed by atoms with E-state index in [4.69, 9.17) is 9.47 Å². The second-order valence-electron chi connectivity index (χ2n) is 3.47. The first kappa shape index (κ1) is 13.2. The lowest BCUT2D eigenvalue weighted by Gasteiger charge is -2.16. The summed E-state index contributed by atoms with van der Waals surface area (Å²) in [5.41, 5.74) is 0. The van der Waals surface area contributed by atoms with Crippen molar-refractivity contribution in [3.63, 3.8) is 0 Å². The molecule has 4 heteroatoms. The molecule has 0 unspecified atom stereocenters. The van der Waals surface area contributed by atoms with Crippen LogP contribution in [0.25, 0.3) is 0 Å². The number of halogens is 2. The van der Waals surface area contributed by atoms with Crippen molar-refractivity contribution in [2.75, 3.05) is 7.11 Å². The summed E-state index contributed by atoms with van der Waals surface area (Å²) in [5.74, 6) is 2.63. The van der Waals surface area contributed by atoms with Crippen LogP contribution in [0.5, 0.6) is 11.5 Å². The summed E-state index contributed by atoms with van der Waals surface area (Å²) in [6.45, 7) is 0. The second-order valence-corrected chi connectivity index (χ2v) is 5.93. The van der Waals surface area contributed by atoms with E-state index in [1.54, 1.807) is 7.11 Å². The van der Waals surface area contributed by atoms with Gasteiger partial charge in [0.25, 0.3) is 0 Å². The van der Waals surface area contributed by atoms with E-state index in [0.717, 1.165) is 27.3 Å². The van der Waals surface area contributed by atoms with Crippen molar-refractivity contribution in [3.05, 3.63) is 49.7 Å². The van der Waals surface area contributed by atoms with Gasteiger partial charge in [0.05, 0.1) is 10.7 Å². The van der Waals surface area contributed by atoms with Gasteiger partial charge in [-0.05, 0) is 82.3 Å². The molecule has 2 nitrogen and oxygen atoms in total. The maximum Gasteiger partial charge on any atom is 0.149 e. The molecule has 0 saturated heterocycles. The van der Waals surface area contributed by atoms with Gasteiger partial charge >= 0.3 is 0 Å². The quantitative estimate of drug-likeness (QED) is 0.621. The summed E-state index contributed by atoms with van der Waals surface area (Å²) in [6.07, 6.45) is 5.17. The van der Waals surface area contributed by atoms with Crippen molar-refractivity contribution in [2.45, 2.75) is 6.42 Å². The van der Waals surface area contributed by atoms with Crippen LogP contribution >= 0.6 is 45.2 Å². The zero-order valence-electron chi connectivity index (χ0n) is 9.24. The molecule has 89 valence electrons. The molecule has 1 aromatic rings. The lowest BCUT2D eigenvalue weighted by molar-refractivity contribution is 0.410. The van der Waals surface area contributed by atoms with Gasteiger partial charge in [0.2, 0.25) is 0 Å². The Labute approximate surface area is 128 Å². The summed E-state index contributed by atoms with van der Waals surface area (Å²) in [6, 6.07) is 7.62. The second kappa shape index (κ2) is 6.08. The number of hydrogen-bond acceptors (Lipinski definition) is 2. The summed E-state index contributed by atoms with van der Waals surface area (Å²) >= 11 is 4.62. The number of rotatable bonds is 3. The predicted molar refractivity (Wildman–Crippen MR) is 85.7 cm³/mol. The normalized spacial score (nSPS) is 15.6. The SMILES string of the molecule is COc1ccc(OC2=C(I)C[CH]C=C2I)cc1. The molecule has 1 aliphatic carbocycles. The van der Waals surface area contributed by atoms with Gasteiger partial charge in [-0.15, -0.1) is 0 Å². The first-order chi connectivity index (χ1) is 8.20. The number of allylic oxidation sites excluding steroid dienone is 3. The summed E-state index contributed by atoms with van der Waals surface area (Å²) in [4.78, 5) is 0. The molecule has 17 heavy (non-hydrogen) atoms. The average Bonchev–Trinajstić information content (AvgIpc) is 2.35. The molecule has 0 N–H and O–H groups in total. The molecule has 0 aliphatic heterocycles. The molecular weight excluding hydrogens is 442 g/mol. The summed E-state index contributed by atoms with van der Waals surface area (Å²) < 4.78 is 13.4. The Balaban J connectivity index is 2.17. The van der Waals surface area contributed by atoms with Gasteiger partial charge in [-0.1, -0.05) is 6.08 Å². The molecular formula is C13H11I2O2. The highest BCUT2D eigenvalue weighted by atomic mass is 127. The Morgan fingerprint density at radius 3 is 2.29 bits per heavy atom. The van der Waals surface area contributed by atoms with E-state index in [9.17, 15) is 0 Å². The number of hydrogen-bond donors (Lipinski definition) is 0. The maximum absolute atomic E-state index is 5.90. The van der Waals surface area contributed by atoms with Crippen molar-refractivity contribution in [1.29, 1.82) is 0 Å². The minimum atomic E-state index is 0.833. The van der Waals surface area contributed by atoms with E-state index < -0.39 is 0 Å². The smallest absolute Gasteiger partial charge is 0.149 e. The lowest BCUT2D eigenvalue weighted by atomic mass is 10.2. The van der Waals surface area contributed by atoms with Crippen molar-refractivity contribution in [2.24, 2.45) is 0 Å². The summed E-state index contributed by atoms with van der Waals surface area (Å²) in [7, 11) is 1.66. The van der Waals surface area contributed by atoms with E-state index in [-0.39, 0.29) is 0 Å². The van der Waals surface area contributed by atoms with Crippen LogP contribution < -0.4 is 9.47 Å². The molecule has 2 rings (SSSR count).